The summed E-state index contributed by atoms with van der Waals surface area (Å²) in [6, 6.07) is 7.79. The van der Waals surface area contributed by atoms with Crippen LogP contribution in [0.25, 0.3) is 28.0 Å². The third-order valence-corrected chi connectivity index (χ3v) is 4.26. The van der Waals surface area contributed by atoms with Crippen LogP contribution in [0.1, 0.15) is 5.69 Å². The number of benzene rings is 1. The number of hydrogen-bond donors (Lipinski definition) is 0. The predicted molar refractivity (Wildman–Crippen MR) is 91.6 cm³/mol. The van der Waals surface area contributed by atoms with Gasteiger partial charge in [0.15, 0.2) is 11.3 Å². The van der Waals surface area contributed by atoms with E-state index in [1.54, 1.807) is 12.1 Å². The summed E-state index contributed by atoms with van der Waals surface area (Å²) in [7, 11) is 0. The molecule has 0 saturated heterocycles. The zero-order chi connectivity index (χ0) is 19.2. The molecule has 3 heterocycles. The van der Waals surface area contributed by atoms with Crippen molar-refractivity contribution in [3.63, 3.8) is 0 Å². The highest BCUT2D eigenvalue weighted by molar-refractivity contribution is 6.31. The van der Waals surface area contributed by atoms with Gasteiger partial charge in [0.05, 0.1) is 16.9 Å². The van der Waals surface area contributed by atoms with Gasteiger partial charge in [-0.05, 0) is 42.0 Å². The van der Waals surface area contributed by atoms with Gasteiger partial charge in [-0.3, -0.25) is 4.98 Å². The fraction of sp³-hybridized carbons (Fsp3) is 0.0556. The molecule has 0 aliphatic rings. The van der Waals surface area contributed by atoms with Crippen LogP contribution in [0.5, 0.6) is 0 Å². The molecule has 4 nitrogen and oxygen atoms in total. The second-order valence-corrected chi connectivity index (χ2v) is 6.09. The van der Waals surface area contributed by atoms with E-state index in [0.29, 0.717) is 11.1 Å². The number of hydrogen-bond acceptors (Lipinski definition) is 3. The number of aromatic nitrogens is 4. The van der Waals surface area contributed by atoms with Crippen LogP contribution < -0.4 is 0 Å². The van der Waals surface area contributed by atoms with Gasteiger partial charge in [-0.1, -0.05) is 11.6 Å². The van der Waals surface area contributed by atoms with Gasteiger partial charge < -0.3 is 0 Å². The number of pyridine rings is 1. The molecule has 0 N–H and O–H groups in total. The highest BCUT2D eigenvalue weighted by atomic mass is 35.5. The van der Waals surface area contributed by atoms with Crippen LogP contribution in [0.3, 0.4) is 0 Å². The second kappa shape index (κ2) is 6.31. The molecule has 0 aliphatic heterocycles. The molecule has 0 atom stereocenters. The molecular formula is C18H9ClF4N4. The normalized spacial score (nSPS) is 11.9. The molecule has 0 spiro atoms. The van der Waals surface area contributed by atoms with Crippen LogP contribution >= 0.6 is 11.6 Å². The number of alkyl halides is 3. The maximum Gasteiger partial charge on any atom is 0.433 e. The van der Waals surface area contributed by atoms with Gasteiger partial charge in [-0.2, -0.15) is 18.3 Å². The van der Waals surface area contributed by atoms with Crippen molar-refractivity contribution in [3.05, 3.63) is 71.5 Å². The quantitative estimate of drug-likeness (QED) is 0.436. The lowest BCUT2D eigenvalue weighted by molar-refractivity contribution is -0.142. The van der Waals surface area contributed by atoms with Crippen molar-refractivity contribution >= 4 is 17.2 Å². The molecule has 0 aliphatic carbocycles. The largest absolute Gasteiger partial charge is 0.433 e. The standard InChI is InChI=1S/C18H9ClF4N4/c19-13-7-11(1-2-14(13)20)15-8-16(18(21,22)23)27-17(26-15)12(9-25-27)10-3-5-24-6-4-10/h1-9H. The molecule has 3 aromatic heterocycles. The zero-order valence-corrected chi connectivity index (χ0v) is 14.1. The monoisotopic (exact) mass is 392 g/mol. The number of nitrogens with zero attached hydrogens (tertiary/aromatic N) is 4. The summed E-state index contributed by atoms with van der Waals surface area (Å²) in [5.41, 5.74) is 0.325. The van der Waals surface area contributed by atoms with Crippen molar-refractivity contribution in [2.45, 2.75) is 6.18 Å². The summed E-state index contributed by atoms with van der Waals surface area (Å²) in [4.78, 5) is 8.22. The first kappa shape index (κ1) is 17.4. The minimum Gasteiger partial charge on any atom is -0.265 e. The third kappa shape index (κ3) is 3.12. The average Bonchev–Trinajstić information content (AvgIpc) is 3.07. The van der Waals surface area contributed by atoms with Crippen LogP contribution in [0, 0.1) is 5.82 Å². The minimum absolute atomic E-state index is 0.00697. The van der Waals surface area contributed by atoms with E-state index >= 15 is 0 Å². The Morgan fingerprint density at radius 1 is 0.963 bits per heavy atom. The Morgan fingerprint density at radius 2 is 1.70 bits per heavy atom. The maximum atomic E-state index is 13.6. The van der Waals surface area contributed by atoms with E-state index in [-0.39, 0.29) is 21.9 Å². The van der Waals surface area contributed by atoms with E-state index in [1.807, 2.05) is 0 Å². The van der Waals surface area contributed by atoms with Crippen LogP contribution in [-0.4, -0.2) is 19.6 Å². The molecule has 136 valence electrons. The summed E-state index contributed by atoms with van der Waals surface area (Å²) < 4.78 is 54.9. The lowest BCUT2D eigenvalue weighted by Gasteiger charge is -2.12. The Balaban J connectivity index is 2.01. The molecule has 0 unspecified atom stereocenters. The van der Waals surface area contributed by atoms with Gasteiger partial charge in [0.2, 0.25) is 0 Å². The molecule has 4 aromatic rings. The van der Waals surface area contributed by atoms with Gasteiger partial charge in [0.25, 0.3) is 0 Å². The number of fused-ring (bicyclic) bond motifs is 1. The van der Waals surface area contributed by atoms with Gasteiger partial charge >= 0.3 is 6.18 Å². The molecule has 4 rings (SSSR count). The molecule has 9 heteroatoms. The first-order valence-corrected chi connectivity index (χ1v) is 8.04. The molecule has 1 aromatic carbocycles. The Bertz CT molecular complexity index is 1140. The van der Waals surface area contributed by atoms with E-state index < -0.39 is 17.7 Å². The van der Waals surface area contributed by atoms with Crippen LogP contribution in [0.15, 0.2) is 55.0 Å². The topological polar surface area (TPSA) is 43.1 Å². The Kier molecular flexibility index (Phi) is 4.07. The lowest BCUT2D eigenvalue weighted by atomic mass is 10.1. The maximum absolute atomic E-state index is 13.6. The first-order valence-electron chi connectivity index (χ1n) is 7.66. The minimum atomic E-state index is -4.67. The van der Waals surface area contributed by atoms with E-state index in [9.17, 15) is 17.6 Å². The third-order valence-electron chi connectivity index (χ3n) is 3.97. The SMILES string of the molecule is Fc1ccc(-c2cc(C(F)(F)F)n3ncc(-c4ccncc4)c3n2)cc1Cl. The van der Waals surface area contributed by atoms with Gasteiger partial charge in [0.1, 0.15) is 5.82 Å². The molecule has 0 bridgehead atoms. The Morgan fingerprint density at radius 3 is 2.37 bits per heavy atom. The fourth-order valence-corrected chi connectivity index (χ4v) is 2.88. The summed E-state index contributed by atoms with van der Waals surface area (Å²) in [5.74, 6) is -0.667. The van der Waals surface area contributed by atoms with Gasteiger partial charge in [-0.15, -0.1) is 0 Å². The van der Waals surface area contributed by atoms with E-state index in [4.69, 9.17) is 11.6 Å². The molecule has 0 radical (unpaired) electrons. The van der Waals surface area contributed by atoms with Crippen molar-refractivity contribution in [2.24, 2.45) is 0 Å². The lowest BCUT2D eigenvalue weighted by Crippen LogP contribution is -2.13. The molecule has 0 saturated carbocycles. The van der Waals surface area contributed by atoms with Gasteiger partial charge in [-0.25, -0.2) is 13.9 Å². The van der Waals surface area contributed by atoms with Crippen molar-refractivity contribution in [2.75, 3.05) is 0 Å². The molecule has 0 amide bonds. The van der Waals surface area contributed by atoms with Crippen LogP contribution in [0.2, 0.25) is 5.02 Å². The van der Waals surface area contributed by atoms with E-state index in [1.165, 1.54) is 30.7 Å². The Labute approximate surface area is 155 Å². The number of rotatable bonds is 2. The Hall–Kier alpha value is -3.00. The second-order valence-electron chi connectivity index (χ2n) is 5.68. The highest BCUT2D eigenvalue weighted by Crippen LogP contribution is 2.35. The predicted octanol–water partition coefficient (Wildman–Crippen LogP) is 5.27. The van der Waals surface area contributed by atoms with Crippen molar-refractivity contribution in [1.82, 2.24) is 19.6 Å². The number of halogens is 5. The van der Waals surface area contributed by atoms with E-state index in [2.05, 4.69) is 15.1 Å². The van der Waals surface area contributed by atoms with Crippen LogP contribution in [0.4, 0.5) is 17.6 Å². The fourth-order valence-electron chi connectivity index (χ4n) is 2.70. The van der Waals surface area contributed by atoms with Gasteiger partial charge in [0, 0.05) is 23.5 Å². The summed E-state index contributed by atoms with van der Waals surface area (Å²) >= 11 is 5.77. The highest BCUT2D eigenvalue weighted by Gasteiger charge is 2.35. The summed E-state index contributed by atoms with van der Waals surface area (Å²) in [5, 5.41) is 3.65. The van der Waals surface area contributed by atoms with Crippen molar-refractivity contribution < 1.29 is 17.6 Å². The molecule has 0 fully saturated rings. The van der Waals surface area contributed by atoms with Crippen molar-refractivity contribution in [1.29, 1.82) is 0 Å². The molecular weight excluding hydrogens is 384 g/mol. The van der Waals surface area contributed by atoms with E-state index in [0.717, 1.165) is 16.6 Å². The molecule has 27 heavy (non-hydrogen) atoms. The average molecular weight is 393 g/mol. The zero-order valence-electron chi connectivity index (χ0n) is 13.4. The van der Waals surface area contributed by atoms with Crippen LogP contribution in [-0.2, 0) is 6.18 Å². The smallest absolute Gasteiger partial charge is 0.265 e. The van der Waals surface area contributed by atoms with Crippen molar-refractivity contribution in [3.8, 4) is 22.4 Å². The first-order chi connectivity index (χ1) is 12.8. The summed E-state index contributed by atoms with van der Waals surface area (Å²) in [6.07, 6.45) is -0.310. The summed E-state index contributed by atoms with van der Waals surface area (Å²) in [6.45, 7) is 0.